The fourth-order valence-corrected chi connectivity index (χ4v) is 2.38. The van der Waals surface area contributed by atoms with E-state index < -0.39 is 17.4 Å². The maximum atomic E-state index is 12.3. The molecule has 3 rings (SSSR count). The minimum absolute atomic E-state index is 0.0839. The molecule has 0 amide bonds. The van der Waals surface area contributed by atoms with Crippen LogP contribution in [0.5, 0.6) is 0 Å². The Bertz CT molecular complexity index is 1030. The maximum absolute atomic E-state index is 12.3. The summed E-state index contributed by atoms with van der Waals surface area (Å²) in [5.74, 6) is 0. The van der Waals surface area contributed by atoms with E-state index in [9.17, 15) is 14.4 Å². The van der Waals surface area contributed by atoms with E-state index in [0.29, 0.717) is 0 Å². The third-order valence-corrected chi connectivity index (χ3v) is 3.74. The number of rotatable bonds is 4. The molecule has 0 bridgehead atoms. The van der Waals surface area contributed by atoms with Gasteiger partial charge in [0.15, 0.2) is 17.9 Å². The van der Waals surface area contributed by atoms with Crippen LogP contribution in [0, 0.1) is 0 Å². The molecule has 0 unspecified atom stereocenters. The summed E-state index contributed by atoms with van der Waals surface area (Å²) < 4.78 is 13.6. The molecule has 0 fully saturated rings. The van der Waals surface area contributed by atoms with Gasteiger partial charge in [-0.15, -0.1) is 0 Å². The minimum Gasteiger partial charge on any atom is -0.429 e. The molecule has 1 aromatic carbocycles. The summed E-state index contributed by atoms with van der Waals surface area (Å²) in [7, 11) is 2.88. The van der Waals surface area contributed by atoms with Gasteiger partial charge in [0.1, 0.15) is 12.9 Å². The Morgan fingerprint density at radius 3 is 2.52 bits per heavy atom. The van der Waals surface area contributed by atoms with Crippen LogP contribution < -0.4 is 11.2 Å². The standard InChI is InChI=1S/C16H16N4O5/c1-18-13-12(14(21)19(2)15(18)22)20(9-17-13)10-25-16(23)24-8-11-6-4-3-5-7-11/h3-7,9H,8,10H2,1-2H3. The minimum atomic E-state index is -0.868. The molecule has 130 valence electrons. The van der Waals surface area contributed by atoms with Gasteiger partial charge in [-0.3, -0.25) is 18.5 Å². The number of ether oxygens (including phenoxy) is 2. The van der Waals surface area contributed by atoms with E-state index in [1.165, 1.54) is 29.6 Å². The molecule has 0 atom stereocenters. The van der Waals surface area contributed by atoms with Crippen LogP contribution in [-0.4, -0.2) is 24.8 Å². The van der Waals surface area contributed by atoms with Crippen LogP contribution in [0.3, 0.4) is 0 Å². The van der Waals surface area contributed by atoms with Crippen molar-refractivity contribution in [2.75, 3.05) is 0 Å². The quantitative estimate of drug-likeness (QED) is 0.648. The topological polar surface area (TPSA) is 97.3 Å². The third-order valence-electron chi connectivity index (χ3n) is 3.74. The predicted octanol–water partition coefficient (Wildman–Crippen LogP) is 0.745. The molecule has 0 aliphatic carbocycles. The van der Waals surface area contributed by atoms with Crippen LogP contribution in [0.1, 0.15) is 5.56 Å². The average molecular weight is 344 g/mol. The van der Waals surface area contributed by atoms with Crippen LogP contribution in [0.4, 0.5) is 4.79 Å². The zero-order valence-electron chi connectivity index (χ0n) is 13.7. The Labute approximate surface area is 141 Å². The Hall–Kier alpha value is -3.36. The third kappa shape index (κ3) is 3.16. The first-order chi connectivity index (χ1) is 12.0. The first-order valence-electron chi connectivity index (χ1n) is 7.43. The highest BCUT2D eigenvalue weighted by molar-refractivity contribution is 5.70. The smallest absolute Gasteiger partial charge is 0.429 e. The summed E-state index contributed by atoms with van der Waals surface area (Å²) >= 11 is 0. The van der Waals surface area contributed by atoms with Crippen molar-refractivity contribution in [2.45, 2.75) is 13.3 Å². The highest BCUT2D eigenvalue weighted by atomic mass is 16.7. The van der Waals surface area contributed by atoms with E-state index >= 15 is 0 Å². The van der Waals surface area contributed by atoms with Crippen LogP contribution >= 0.6 is 0 Å². The number of carbonyl (C=O) groups is 1. The van der Waals surface area contributed by atoms with Gasteiger partial charge >= 0.3 is 11.8 Å². The van der Waals surface area contributed by atoms with Crippen LogP contribution in [0.2, 0.25) is 0 Å². The molecule has 2 heterocycles. The predicted molar refractivity (Wildman–Crippen MR) is 87.9 cm³/mol. The number of carbonyl (C=O) groups excluding carboxylic acids is 1. The second-order valence-electron chi connectivity index (χ2n) is 5.39. The average Bonchev–Trinajstić information content (AvgIpc) is 3.06. The van der Waals surface area contributed by atoms with Gasteiger partial charge in [-0.2, -0.15) is 0 Å². The summed E-state index contributed by atoms with van der Waals surface area (Å²) in [4.78, 5) is 39.9. The van der Waals surface area contributed by atoms with E-state index in [1.807, 2.05) is 30.3 Å². The van der Waals surface area contributed by atoms with Crippen LogP contribution in [-0.2, 0) is 36.9 Å². The SMILES string of the molecule is Cn1c(=O)c2c(ncn2COC(=O)OCc2ccccc2)n(C)c1=O. The Kier molecular flexibility index (Phi) is 4.38. The Morgan fingerprint density at radius 2 is 1.80 bits per heavy atom. The Balaban J connectivity index is 1.72. The molecule has 0 saturated heterocycles. The molecule has 0 spiro atoms. The van der Waals surface area contributed by atoms with Crippen molar-refractivity contribution in [1.82, 2.24) is 18.7 Å². The van der Waals surface area contributed by atoms with E-state index in [2.05, 4.69) is 4.98 Å². The molecule has 2 aromatic heterocycles. The zero-order valence-corrected chi connectivity index (χ0v) is 13.7. The maximum Gasteiger partial charge on any atom is 0.510 e. The first kappa shape index (κ1) is 16.5. The van der Waals surface area contributed by atoms with E-state index in [-0.39, 0.29) is 24.5 Å². The van der Waals surface area contributed by atoms with Crippen molar-refractivity contribution >= 4 is 17.3 Å². The number of hydrogen-bond donors (Lipinski definition) is 0. The van der Waals surface area contributed by atoms with Crippen molar-refractivity contribution in [1.29, 1.82) is 0 Å². The van der Waals surface area contributed by atoms with E-state index in [0.717, 1.165) is 10.1 Å². The zero-order chi connectivity index (χ0) is 18.0. The lowest BCUT2D eigenvalue weighted by Gasteiger charge is -2.08. The van der Waals surface area contributed by atoms with E-state index in [4.69, 9.17) is 9.47 Å². The van der Waals surface area contributed by atoms with Gasteiger partial charge in [0.2, 0.25) is 0 Å². The summed E-state index contributed by atoms with van der Waals surface area (Å²) in [6.07, 6.45) is 0.461. The van der Waals surface area contributed by atoms with E-state index in [1.54, 1.807) is 0 Å². The molecule has 0 aliphatic heterocycles. The largest absolute Gasteiger partial charge is 0.510 e. The molecular weight excluding hydrogens is 328 g/mol. The molecule has 0 aliphatic rings. The fourth-order valence-electron chi connectivity index (χ4n) is 2.38. The second kappa shape index (κ2) is 6.63. The molecule has 0 N–H and O–H groups in total. The number of aromatic nitrogens is 4. The number of benzene rings is 1. The molecule has 3 aromatic rings. The lowest BCUT2D eigenvalue weighted by Crippen LogP contribution is -2.37. The molecule has 9 heteroatoms. The van der Waals surface area contributed by atoms with Gasteiger partial charge in [-0.1, -0.05) is 30.3 Å². The second-order valence-corrected chi connectivity index (χ2v) is 5.39. The molecule has 0 radical (unpaired) electrons. The number of nitrogens with zero attached hydrogens (tertiary/aromatic N) is 4. The van der Waals surface area contributed by atoms with Crippen LogP contribution in [0.25, 0.3) is 11.2 Å². The molecular formula is C16H16N4O5. The van der Waals surface area contributed by atoms with Gasteiger partial charge in [0.25, 0.3) is 5.56 Å². The van der Waals surface area contributed by atoms with Crippen LogP contribution in [0.15, 0.2) is 46.2 Å². The Morgan fingerprint density at radius 1 is 1.08 bits per heavy atom. The van der Waals surface area contributed by atoms with Gasteiger partial charge < -0.3 is 9.47 Å². The van der Waals surface area contributed by atoms with Crippen molar-refractivity contribution < 1.29 is 14.3 Å². The molecule has 9 nitrogen and oxygen atoms in total. The van der Waals surface area contributed by atoms with Crippen molar-refractivity contribution in [2.24, 2.45) is 14.1 Å². The van der Waals surface area contributed by atoms with Gasteiger partial charge in [-0.25, -0.2) is 14.6 Å². The highest BCUT2D eigenvalue weighted by Gasteiger charge is 2.15. The lowest BCUT2D eigenvalue weighted by molar-refractivity contribution is 0.0299. The fraction of sp³-hybridized carbons (Fsp3) is 0.250. The first-order valence-corrected chi connectivity index (χ1v) is 7.43. The van der Waals surface area contributed by atoms with Gasteiger partial charge in [0, 0.05) is 14.1 Å². The summed E-state index contributed by atoms with van der Waals surface area (Å²) in [5.41, 5.74) is 0.217. The molecule has 0 saturated carbocycles. The normalized spacial score (nSPS) is 10.8. The number of aryl methyl sites for hydroxylation is 1. The number of hydrogen-bond acceptors (Lipinski definition) is 6. The highest BCUT2D eigenvalue weighted by Crippen LogP contribution is 2.07. The summed E-state index contributed by atoms with van der Waals surface area (Å²) in [6.45, 7) is -0.168. The van der Waals surface area contributed by atoms with Crippen molar-refractivity contribution in [3.05, 3.63) is 63.1 Å². The summed E-state index contributed by atoms with van der Waals surface area (Å²) in [6, 6.07) is 9.17. The van der Waals surface area contributed by atoms with Crippen molar-refractivity contribution in [3.63, 3.8) is 0 Å². The lowest BCUT2D eigenvalue weighted by atomic mass is 10.2. The van der Waals surface area contributed by atoms with Crippen molar-refractivity contribution in [3.8, 4) is 0 Å². The van der Waals surface area contributed by atoms with Gasteiger partial charge in [-0.05, 0) is 5.56 Å². The monoisotopic (exact) mass is 344 g/mol. The number of imidazole rings is 1. The summed E-state index contributed by atoms with van der Waals surface area (Å²) in [5, 5.41) is 0. The van der Waals surface area contributed by atoms with Gasteiger partial charge in [0.05, 0.1) is 0 Å². The molecule has 25 heavy (non-hydrogen) atoms. The number of fused-ring (bicyclic) bond motifs is 1.